The Hall–Kier alpha value is -0.680. The summed E-state index contributed by atoms with van der Waals surface area (Å²) in [5.41, 5.74) is 0. The predicted molar refractivity (Wildman–Crippen MR) is 66.3 cm³/mol. The van der Waals surface area contributed by atoms with Crippen LogP contribution in [0.4, 0.5) is 0 Å². The van der Waals surface area contributed by atoms with Crippen LogP contribution in [0.15, 0.2) is 12.4 Å². The van der Waals surface area contributed by atoms with Gasteiger partial charge in [-0.15, -0.1) is 0 Å². The lowest BCUT2D eigenvalue weighted by molar-refractivity contribution is 0.273. The van der Waals surface area contributed by atoms with Crippen LogP contribution >= 0.6 is 0 Å². The van der Waals surface area contributed by atoms with Crippen molar-refractivity contribution in [1.29, 1.82) is 0 Å². The fourth-order valence-corrected chi connectivity index (χ4v) is 3.62. The summed E-state index contributed by atoms with van der Waals surface area (Å²) < 4.78 is 25.3. The molecule has 0 spiro atoms. The summed E-state index contributed by atoms with van der Waals surface area (Å²) in [5, 5.41) is 0. The summed E-state index contributed by atoms with van der Waals surface area (Å²) in [5.74, 6) is 1.11. The maximum atomic E-state index is 11.7. The van der Waals surface area contributed by atoms with E-state index < -0.39 is 16.0 Å². The van der Waals surface area contributed by atoms with E-state index in [0.717, 1.165) is 25.1 Å². The monoisotopic (exact) mass is 255 g/mol. The second kappa shape index (κ2) is 4.90. The molecule has 17 heavy (non-hydrogen) atoms. The number of rotatable bonds is 3. The lowest BCUT2D eigenvalue weighted by atomic mass is 9.94. The smallest absolute Gasteiger partial charge is 0.112 e. The van der Waals surface area contributed by atoms with E-state index in [1.807, 2.05) is 24.6 Å². The van der Waals surface area contributed by atoms with Crippen molar-refractivity contribution < 1.29 is 8.76 Å². The second-order valence-electron chi connectivity index (χ2n) is 5.05. The van der Waals surface area contributed by atoms with Gasteiger partial charge in [-0.05, 0) is 23.9 Å². The molecule has 96 valence electrons. The van der Waals surface area contributed by atoms with Crippen molar-refractivity contribution in [2.24, 2.45) is 0 Å². The van der Waals surface area contributed by atoms with Crippen molar-refractivity contribution in [1.82, 2.24) is 9.55 Å². The number of hydrogen-bond donors (Lipinski definition) is 0. The van der Waals surface area contributed by atoms with Gasteiger partial charge < -0.3 is 9.12 Å². The Bertz CT molecular complexity index is 408. The van der Waals surface area contributed by atoms with Gasteiger partial charge in [0.15, 0.2) is 0 Å². The lowest BCUT2D eigenvalue weighted by Gasteiger charge is -2.41. The number of hydrogen-bond acceptors (Lipinski definition) is 3. The van der Waals surface area contributed by atoms with Gasteiger partial charge in [-0.25, -0.2) is 4.98 Å². The van der Waals surface area contributed by atoms with Gasteiger partial charge in [0.2, 0.25) is 0 Å². The maximum Gasteiger partial charge on any atom is 0.112 e. The molecule has 1 fully saturated rings. The Morgan fingerprint density at radius 2 is 2.06 bits per heavy atom. The fourth-order valence-electron chi connectivity index (χ4n) is 2.68. The minimum absolute atomic E-state index is 0.243. The summed E-state index contributed by atoms with van der Waals surface area (Å²) in [7, 11) is 0. The quantitative estimate of drug-likeness (QED) is 0.780. The maximum absolute atomic E-state index is 11.7. The molecule has 0 radical (unpaired) electrons. The van der Waals surface area contributed by atoms with Crippen molar-refractivity contribution in [3.8, 4) is 0 Å². The highest BCUT2D eigenvalue weighted by atomic mass is 32.2. The zero-order valence-corrected chi connectivity index (χ0v) is 11.2. The molecule has 4 nitrogen and oxygen atoms in total. The molecule has 1 atom stereocenters. The molecule has 1 heterocycles. The van der Waals surface area contributed by atoms with Crippen molar-refractivity contribution >= 4 is 11.1 Å². The van der Waals surface area contributed by atoms with Crippen LogP contribution in [0.2, 0.25) is 0 Å². The number of nitrogens with zero attached hydrogens (tertiary/aromatic N) is 2. The fraction of sp³-hybridized carbons (Fsp3) is 0.750. The molecule has 1 aromatic heterocycles. The third-order valence-electron chi connectivity index (χ3n) is 3.57. The first-order chi connectivity index (χ1) is 8.08. The number of imidazole rings is 1. The molecule has 0 aromatic carbocycles. The largest absolute Gasteiger partial charge is 0.771 e. The standard InChI is InChI=1S/C12H20N2O2S/c1-10(2)11-13-8-9-14(11)12(17(15)16)6-4-3-5-7-12/h8-10H,3-7H2,1-2H3,(H,15,16)/p-1. The van der Waals surface area contributed by atoms with Gasteiger partial charge in [-0.3, -0.25) is 4.21 Å². The molecule has 1 aliphatic rings. The average Bonchev–Trinajstić information content (AvgIpc) is 2.79. The van der Waals surface area contributed by atoms with Gasteiger partial charge in [0.1, 0.15) is 10.7 Å². The van der Waals surface area contributed by atoms with Crippen LogP contribution in [0.5, 0.6) is 0 Å². The Balaban J connectivity index is 2.45. The molecule has 1 unspecified atom stereocenters. The molecule has 0 aliphatic heterocycles. The van der Waals surface area contributed by atoms with Gasteiger partial charge in [0, 0.05) is 18.3 Å². The molecule has 1 aliphatic carbocycles. The summed E-state index contributed by atoms with van der Waals surface area (Å²) >= 11 is -2.09. The molecule has 1 aromatic rings. The minimum atomic E-state index is -2.09. The van der Waals surface area contributed by atoms with Crippen LogP contribution in [0, 0.1) is 0 Å². The van der Waals surface area contributed by atoms with Crippen LogP contribution < -0.4 is 0 Å². The van der Waals surface area contributed by atoms with E-state index in [1.165, 1.54) is 0 Å². The van der Waals surface area contributed by atoms with E-state index in [1.54, 1.807) is 6.20 Å². The third-order valence-corrected chi connectivity index (χ3v) is 4.80. The minimum Gasteiger partial charge on any atom is -0.771 e. The Kier molecular flexibility index (Phi) is 3.68. The third kappa shape index (κ3) is 2.18. The van der Waals surface area contributed by atoms with Crippen molar-refractivity contribution in [2.75, 3.05) is 0 Å². The molecular formula is C12H19N2O2S-. The Morgan fingerprint density at radius 3 is 2.59 bits per heavy atom. The van der Waals surface area contributed by atoms with E-state index in [9.17, 15) is 8.76 Å². The molecule has 0 saturated heterocycles. The van der Waals surface area contributed by atoms with Crippen LogP contribution in [-0.4, -0.2) is 18.3 Å². The first-order valence-corrected chi connectivity index (χ1v) is 7.28. The van der Waals surface area contributed by atoms with E-state index in [0.29, 0.717) is 12.8 Å². The highest BCUT2D eigenvalue weighted by Gasteiger charge is 2.36. The van der Waals surface area contributed by atoms with Crippen LogP contribution in [0.1, 0.15) is 57.7 Å². The lowest BCUT2D eigenvalue weighted by Crippen LogP contribution is -2.41. The van der Waals surface area contributed by atoms with Crippen LogP contribution in [0.3, 0.4) is 0 Å². The van der Waals surface area contributed by atoms with Gasteiger partial charge in [-0.1, -0.05) is 33.1 Å². The SMILES string of the molecule is CC(C)c1nccn1C1(S(=O)[O-])CCCCC1. The second-order valence-corrected chi connectivity index (χ2v) is 6.28. The molecule has 5 heteroatoms. The summed E-state index contributed by atoms with van der Waals surface area (Å²) in [6.45, 7) is 4.09. The van der Waals surface area contributed by atoms with Crippen LogP contribution in [0.25, 0.3) is 0 Å². The summed E-state index contributed by atoms with van der Waals surface area (Å²) in [4.78, 5) is 3.55. The topological polar surface area (TPSA) is 58.0 Å². The summed E-state index contributed by atoms with van der Waals surface area (Å²) in [6.07, 6.45) is 8.02. The highest BCUT2D eigenvalue weighted by Crippen LogP contribution is 2.38. The van der Waals surface area contributed by atoms with Crippen LogP contribution in [-0.2, 0) is 16.0 Å². The molecule has 0 bridgehead atoms. The number of aromatic nitrogens is 2. The molecule has 0 amide bonds. The zero-order valence-electron chi connectivity index (χ0n) is 10.4. The first kappa shape index (κ1) is 12.8. The van der Waals surface area contributed by atoms with E-state index in [-0.39, 0.29) is 5.92 Å². The van der Waals surface area contributed by atoms with Crippen molar-refractivity contribution in [3.63, 3.8) is 0 Å². The van der Waals surface area contributed by atoms with E-state index in [4.69, 9.17) is 0 Å². The highest BCUT2D eigenvalue weighted by molar-refractivity contribution is 7.80. The van der Waals surface area contributed by atoms with Gasteiger partial charge in [-0.2, -0.15) is 0 Å². The van der Waals surface area contributed by atoms with E-state index in [2.05, 4.69) is 4.98 Å². The van der Waals surface area contributed by atoms with Gasteiger partial charge >= 0.3 is 0 Å². The normalized spacial score (nSPS) is 21.6. The summed E-state index contributed by atoms with van der Waals surface area (Å²) in [6, 6.07) is 0. The molecule has 2 rings (SSSR count). The molecule has 1 saturated carbocycles. The molecular weight excluding hydrogens is 236 g/mol. The Morgan fingerprint density at radius 1 is 1.41 bits per heavy atom. The van der Waals surface area contributed by atoms with E-state index >= 15 is 0 Å². The predicted octanol–water partition coefficient (Wildman–Crippen LogP) is 2.50. The molecule has 0 N–H and O–H groups in total. The van der Waals surface area contributed by atoms with Crippen molar-refractivity contribution in [3.05, 3.63) is 18.2 Å². The first-order valence-electron chi connectivity index (χ1n) is 6.21. The van der Waals surface area contributed by atoms with Gasteiger partial charge in [0.05, 0.1) is 0 Å². The average molecular weight is 255 g/mol. The van der Waals surface area contributed by atoms with Gasteiger partial charge in [0.25, 0.3) is 0 Å². The zero-order chi connectivity index (χ0) is 12.5. The Labute approximate surface area is 105 Å². The van der Waals surface area contributed by atoms with Crippen molar-refractivity contribution in [2.45, 2.75) is 56.7 Å².